The van der Waals surface area contributed by atoms with Crippen LogP contribution in [0.5, 0.6) is 0 Å². The van der Waals surface area contributed by atoms with E-state index in [1.807, 2.05) is 37.3 Å². The largest absolute Gasteiger partial charge is 0.103 e. The lowest BCUT2D eigenvalue weighted by molar-refractivity contribution is 1.66. The predicted molar refractivity (Wildman–Crippen MR) is 61.5 cm³/mol. The standard InChI is InChI=1S/C10H10.C3H6/c1-2-3-7-10-8-5-4-6-9-10;1-3-2/h2-9H,1H2;3H,1H2,2H3/b7-3+;. The van der Waals surface area contributed by atoms with Gasteiger partial charge in [-0.2, -0.15) is 0 Å². The van der Waals surface area contributed by atoms with Gasteiger partial charge in [-0.3, -0.25) is 0 Å². The average molecular weight is 172 g/mol. The fraction of sp³-hybridized carbons (Fsp3) is 0.0769. The molecule has 0 bridgehead atoms. The van der Waals surface area contributed by atoms with E-state index in [-0.39, 0.29) is 0 Å². The molecule has 0 atom stereocenters. The summed E-state index contributed by atoms with van der Waals surface area (Å²) in [5.74, 6) is 0. The molecule has 0 heterocycles. The van der Waals surface area contributed by atoms with Crippen LogP contribution in [-0.2, 0) is 0 Å². The molecule has 0 aliphatic carbocycles. The van der Waals surface area contributed by atoms with Crippen molar-refractivity contribution in [3.8, 4) is 0 Å². The van der Waals surface area contributed by atoms with Gasteiger partial charge < -0.3 is 0 Å². The van der Waals surface area contributed by atoms with Crippen LogP contribution in [-0.4, -0.2) is 0 Å². The molecule has 68 valence electrons. The van der Waals surface area contributed by atoms with Gasteiger partial charge >= 0.3 is 0 Å². The fourth-order valence-corrected chi connectivity index (χ4v) is 0.743. The summed E-state index contributed by atoms with van der Waals surface area (Å²) in [5, 5.41) is 0. The first-order valence-corrected chi connectivity index (χ1v) is 4.26. The lowest BCUT2D eigenvalue weighted by Gasteiger charge is -1.87. The monoisotopic (exact) mass is 172 g/mol. The maximum atomic E-state index is 3.59. The van der Waals surface area contributed by atoms with Crippen LogP contribution < -0.4 is 0 Å². The van der Waals surface area contributed by atoms with E-state index < -0.39 is 0 Å². The van der Waals surface area contributed by atoms with Crippen molar-refractivity contribution in [1.82, 2.24) is 0 Å². The second-order valence-electron chi connectivity index (χ2n) is 2.41. The van der Waals surface area contributed by atoms with Crippen molar-refractivity contribution < 1.29 is 0 Å². The molecule has 0 spiro atoms. The molecule has 0 heteroatoms. The zero-order chi connectivity index (χ0) is 9.94. The van der Waals surface area contributed by atoms with Crippen LogP contribution >= 0.6 is 0 Å². The average Bonchev–Trinajstić information content (AvgIpc) is 2.18. The molecule has 0 unspecified atom stereocenters. The van der Waals surface area contributed by atoms with Gasteiger partial charge in [0.15, 0.2) is 0 Å². The van der Waals surface area contributed by atoms with E-state index in [2.05, 4.69) is 25.3 Å². The Balaban J connectivity index is 0.000000424. The number of rotatable bonds is 2. The minimum atomic E-state index is 1.21. The molecule has 0 amide bonds. The SMILES string of the molecule is C=C/C=C/c1ccccc1.C=CC. The van der Waals surface area contributed by atoms with Crippen molar-refractivity contribution in [2.45, 2.75) is 6.92 Å². The molecule has 0 saturated carbocycles. The number of hydrogen-bond acceptors (Lipinski definition) is 0. The van der Waals surface area contributed by atoms with Crippen molar-refractivity contribution in [3.63, 3.8) is 0 Å². The molecule has 1 aromatic carbocycles. The quantitative estimate of drug-likeness (QED) is 0.466. The van der Waals surface area contributed by atoms with Gasteiger partial charge in [-0.05, 0) is 12.5 Å². The summed E-state index contributed by atoms with van der Waals surface area (Å²) in [6.07, 6.45) is 7.47. The molecule has 0 fully saturated rings. The zero-order valence-corrected chi connectivity index (χ0v) is 8.11. The Hall–Kier alpha value is -1.56. The highest BCUT2D eigenvalue weighted by molar-refractivity contribution is 5.50. The summed E-state index contributed by atoms with van der Waals surface area (Å²) in [4.78, 5) is 0. The molecule has 0 aliphatic rings. The van der Waals surface area contributed by atoms with Crippen LogP contribution in [0.2, 0.25) is 0 Å². The van der Waals surface area contributed by atoms with Crippen LogP contribution in [0, 0.1) is 0 Å². The topological polar surface area (TPSA) is 0 Å². The van der Waals surface area contributed by atoms with E-state index >= 15 is 0 Å². The minimum Gasteiger partial charge on any atom is -0.103 e. The summed E-state index contributed by atoms with van der Waals surface area (Å²) >= 11 is 0. The summed E-state index contributed by atoms with van der Waals surface area (Å²) < 4.78 is 0. The fourth-order valence-electron chi connectivity index (χ4n) is 0.743. The highest BCUT2D eigenvalue weighted by atomic mass is 13.8. The van der Waals surface area contributed by atoms with Gasteiger partial charge in [-0.25, -0.2) is 0 Å². The first kappa shape index (κ1) is 11.4. The Bertz CT molecular complexity index is 255. The number of benzene rings is 1. The Labute approximate surface area is 80.9 Å². The molecule has 0 aliphatic heterocycles. The first-order valence-electron chi connectivity index (χ1n) is 4.26. The van der Waals surface area contributed by atoms with E-state index in [1.165, 1.54) is 5.56 Å². The van der Waals surface area contributed by atoms with Crippen LogP contribution in [0.3, 0.4) is 0 Å². The summed E-state index contributed by atoms with van der Waals surface area (Å²) in [6, 6.07) is 10.1. The van der Waals surface area contributed by atoms with Crippen molar-refractivity contribution >= 4 is 6.08 Å². The van der Waals surface area contributed by atoms with Gasteiger partial charge in [0, 0.05) is 0 Å². The van der Waals surface area contributed by atoms with Gasteiger partial charge in [0.05, 0.1) is 0 Å². The van der Waals surface area contributed by atoms with Gasteiger partial charge in [-0.1, -0.05) is 61.2 Å². The third-order valence-electron chi connectivity index (χ3n) is 1.22. The van der Waals surface area contributed by atoms with Gasteiger partial charge in [0.2, 0.25) is 0 Å². The van der Waals surface area contributed by atoms with Crippen LogP contribution in [0.4, 0.5) is 0 Å². The number of hydrogen-bond donors (Lipinski definition) is 0. The first-order chi connectivity index (χ1) is 6.35. The Kier molecular flexibility index (Phi) is 7.51. The zero-order valence-electron chi connectivity index (χ0n) is 8.11. The third kappa shape index (κ3) is 6.82. The number of allylic oxidation sites excluding steroid dienone is 3. The van der Waals surface area contributed by atoms with Crippen LogP contribution in [0.1, 0.15) is 12.5 Å². The van der Waals surface area contributed by atoms with E-state index in [9.17, 15) is 0 Å². The summed E-state index contributed by atoms with van der Waals surface area (Å²) in [5.41, 5.74) is 1.21. The molecule has 1 rings (SSSR count). The van der Waals surface area contributed by atoms with Gasteiger partial charge in [-0.15, -0.1) is 6.58 Å². The van der Waals surface area contributed by atoms with E-state index in [4.69, 9.17) is 0 Å². The Morgan fingerprint density at radius 1 is 1.08 bits per heavy atom. The van der Waals surface area contributed by atoms with Crippen molar-refractivity contribution in [2.24, 2.45) is 0 Å². The predicted octanol–water partition coefficient (Wildman–Crippen LogP) is 4.08. The molecule has 13 heavy (non-hydrogen) atoms. The minimum absolute atomic E-state index is 1.21. The smallest absolute Gasteiger partial charge is 0.0257 e. The molecular formula is C13H16. The molecule has 1 aromatic rings. The van der Waals surface area contributed by atoms with Crippen molar-refractivity contribution in [1.29, 1.82) is 0 Å². The third-order valence-corrected chi connectivity index (χ3v) is 1.22. The Morgan fingerprint density at radius 2 is 1.62 bits per heavy atom. The lowest BCUT2D eigenvalue weighted by Crippen LogP contribution is -1.65. The highest BCUT2D eigenvalue weighted by Gasteiger charge is 1.78. The Morgan fingerprint density at radius 3 is 2.08 bits per heavy atom. The maximum Gasteiger partial charge on any atom is -0.0257 e. The molecule has 0 aromatic heterocycles. The lowest BCUT2D eigenvalue weighted by atomic mass is 10.2. The second-order valence-corrected chi connectivity index (χ2v) is 2.41. The van der Waals surface area contributed by atoms with Crippen molar-refractivity contribution in [3.05, 3.63) is 67.3 Å². The molecule has 0 nitrogen and oxygen atoms in total. The molecule has 0 N–H and O–H groups in total. The van der Waals surface area contributed by atoms with E-state index in [0.717, 1.165) is 0 Å². The summed E-state index contributed by atoms with van der Waals surface area (Å²) in [7, 11) is 0. The normalized spacial score (nSPS) is 8.69. The summed E-state index contributed by atoms with van der Waals surface area (Å²) in [6.45, 7) is 8.84. The van der Waals surface area contributed by atoms with Gasteiger partial charge in [0.1, 0.15) is 0 Å². The van der Waals surface area contributed by atoms with E-state index in [0.29, 0.717) is 0 Å². The van der Waals surface area contributed by atoms with Crippen LogP contribution in [0.15, 0.2) is 61.7 Å². The molecule has 0 saturated heterocycles. The highest BCUT2D eigenvalue weighted by Crippen LogP contribution is 1.99. The second kappa shape index (κ2) is 8.54. The van der Waals surface area contributed by atoms with Crippen molar-refractivity contribution in [2.75, 3.05) is 0 Å². The maximum absolute atomic E-state index is 3.59. The van der Waals surface area contributed by atoms with E-state index in [1.54, 1.807) is 12.2 Å². The molecular weight excluding hydrogens is 156 g/mol. The molecule has 0 radical (unpaired) electrons. The van der Waals surface area contributed by atoms with Gasteiger partial charge in [0.25, 0.3) is 0 Å². The van der Waals surface area contributed by atoms with Crippen LogP contribution in [0.25, 0.3) is 6.08 Å².